The number of anilines is 1. The second kappa shape index (κ2) is 10.3. The van der Waals surface area contributed by atoms with Gasteiger partial charge in [0.1, 0.15) is 5.69 Å². The Bertz CT molecular complexity index is 837. The van der Waals surface area contributed by atoms with Crippen LogP contribution < -0.4 is 5.32 Å². The van der Waals surface area contributed by atoms with Crippen LogP contribution in [0.4, 0.5) is 11.4 Å². The molecule has 1 aliphatic carbocycles. The predicted molar refractivity (Wildman–Crippen MR) is 126 cm³/mol. The van der Waals surface area contributed by atoms with E-state index in [1.54, 1.807) is 12.1 Å². The molecule has 166 valence electrons. The van der Waals surface area contributed by atoms with Crippen molar-refractivity contribution >= 4 is 11.4 Å². The molecular weight excluding hydrogens is 386 g/mol. The lowest BCUT2D eigenvalue weighted by atomic mass is 9.78. The van der Waals surface area contributed by atoms with Gasteiger partial charge in [0.15, 0.2) is 0 Å². The molecule has 31 heavy (non-hydrogen) atoms. The molecule has 0 aromatic heterocycles. The highest BCUT2D eigenvalue weighted by Crippen LogP contribution is 2.42. The zero-order valence-corrected chi connectivity index (χ0v) is 18.5. The summed E-state index contributed by atoms with van der Waals surface area (Å²) in [7, 11) is 0. The molecule has 5 nitrogen and oxygen atoms in total. The molecule has 1 saturated heterocycles. The Hall–Kier alpha value is -2.40. The van der Waals surface area contributed by atoms with Gasteiger partial charge in [-0.2, -0.15) is 0 Å². The van der Waals surface area contributed by atoms with E-state index in [1.807, 2.05) is 12.1 Å². The maximum absolute atomic E-state index is 11.4. The minimum absolute atomic E-state index is 0.134. The Balaban J connectivity index is 1.49. The molecule has 0 bridgehead atoms. The van der Waals surface area contributed by atoms with Gasteiger partial charge in [-0.3, -0.25) is 15.0 Å². The van der Waals surface area contributed by atoms with E-state index in [9.17, 15) is 10.1 Å². The molecule has 2 aromatic carbocycles. The van der Waals surface area contributed by atoms with E-state index in [1.165, 1.54) is 56.9 Å². The van der Waals surface area contributed by atoms with Gasteiger partial charge in [0.05, 0.1) is 4.92 Å². The average molecular weight is 422 g/mol. The van der Waals surface area contributed by atoms with E-state index in [2.05, 4.69) is 40.5 Å². The SMILES string of the molecule is O=[N+]([O-])c1ccccc1NC1CCN(C2(c3ccccc3)CCCCCCCC2)CC1. The van der Waals surface area contributed by atoms with E-state index in [0.717, 1.165) is 25.9 Å². The van der Waals surface area contributed by atoms with Crippen LogP contribution in [0.25, 0.3) is 0 Å². The lowest BCUT2D eigenvalue weighted by molar-refractivity contribution is -0.384. The van der Waals surface area contributed by atoms with Crippen LogP contribution in [0.2, 0.25) is 0 Å². The average Bonchev–Trinajstić information content (AvgIpc) is 2.93. The van der Waals surface area contributed by atoms with Crippen LogP contribution in [0.15, 0.2) is 54.6 Å². The molecule has 2 aromatic rings. The highest BCUT2D eigenvalue weighted by Gasteiger charge is 2.39. The minimum atomic E-state index is -0.292. The van der Waals surface area contributed by atoms with E-state index < -0.39 is 0 Å². The fourth-order valence-corrected chi connectivity index (χ4v) is 5.63. The number of nitrogens with zero attached hydrogens (tertiary/aromatic N) is 2. The van der Waals surface area contributed by atoms with Gasteiger partial charge in [0.2, 0.25) is 0 Å². The largest absolute Gasteiger partial charge is 0.377 e. The summed E-state index contributed by atoms with van der Waals surface area (Å²) < 4.78 is 0. The van der Waals surface area contributed by atoms with Crippen LogP contribution in [0.1, 0.15) is 69.8 Å². The number of hydrogen-bond acceptors (Lipinski definition) is 4. The number of rotatable bonds is 5. The Labute approximate surface area is 186 Å². The van der Waals surface area contributed by atoms with Gasteiger partial charge >= 0.3 is 0 Å². The fraction of sp³-hybridized carbons (Fsp3) is 0.538. The summed E-state index contributed by atoms with van der Waals surface area (Å²) in [4.78, 5) is 13.8. The van der Waals surface area contributed by atoms with Crippen molar-refractivity contribution in [3.8, 4) is 0 Å². The first-order valence-corrected chi connectivity index (χ1v) is 12.0. The van der Waals surface area contributed by atoms with E-state index >= 15 is 0 Å². The number of para-hydroxylation sites is 2. The number of nitro benzene ring substituents is 1. The Morgan fingerprint density at radius 1 is 0.839 bits per heavy atom. The summed E-state index contributed by atoms with van der Waals surface area (Å²) in [5.41, 5.74) is 2.42. The molecule has 0 radical (unpaired) electrons. The third kappa shape index (κ3) is 5.09. The summed E-state index contributed by atoms with van der Waals surface area (Å²) in [6, 6.07) is 18.4. The van der Waals surface area contributed by atoms with E-state index in [-0.39, 0.29) is 22.2 Å². The number of nitro groups is 1. The number of hydrogen-bond donors (Lipinski definition) is 1. The molecule has 0 atom stereocenters. The second-order valence-electron chi connectivity index (χ2n) is 9.20. The molecule has 2 aliphatic rings. The van der Waals surface area contributed by atoms with Gasteiger partial charge < -0.3 is 5.32 Å². The maximum Gasteiger partial charge on any atom is 0.292 e. The number of piperidine rings is 1. The predicted octanol–water partition coefficient (Wildman–Crippen LogP) is 6.50. The van der Waals surface area contributed by atoms with Crippen molar-refractivity contribution in [2.75, 3.05) is 18.4 Å². The fourth-order valence-electron chi connectivity index (χ4n) is 5.63. The van der Waals surface area contributed by atoms with Crippen molar-refractivity contribution in [3.05, 3.63) is 70.3 Å². The summed E-state index contributed by atoms with van der Waals surface area (Å²) in [5, 5.41) is 14.8. The van der Waals surface area contributed by atoms with Gasteiger partial charge in [-0.25, -0.2) is 0 Å². The first-order chi connectivity index (χ1) is 15.2. The van der Waals surface area contributed by atoms with Crippen LogP contribution in [0.5, 0.6) is 0 Å². The Kier molecular flexibility index (Phi) is 7.23. The number of nitrogens with one attached hydrogen (secondary N) is 1. The van der Waals surface area contributed by atoms with E-state index in [4.69, 9.17) is 0 Å². The lowest BCUT2D eigenvalue weighted by Crippen LogP contribution is -2.51. The van der Waals surface area contributed by atoms with Crippen LogP contribution in [-0.2, 0) is 5.54 Å². The van der Waals surface area contributed by atoms with Gasteiger partial charge in [-0.05, 0) is 37.3 Å². The molecule has 1 saturated carbocycles. The van der Waals surface area contributed by atoms with Gasteiger partial charge in [0.25, 0.3) is 5.69 Å². The highest BCUT2D eigenvalue weighted by molar-refractivity contribution is 5.61. The Morgan fingerprint density at radius 2 is 1.42 bits per heavy atom. The molecule has 4 rings (SSSR count). The molecule has 0 amide bonds. The molecule has 0 unspecified atom stereocenters. The topological polar surface area (TPSA) is 58.4 Å². The monoisotopic (exact) mass is 421 g/mol. The van der Waals surface area contributed by atoms with Crippen molar-refractivity contribution in [2.24, 2.45) is 0 Å². The molecule has 0 spiro atoms. The quantitative estimate of drug-likeness (QED) is 0.442. The van der Waals surface area contributed by atoms with Crippen molar-refractivity contribution in [3.63, 3.8) is 0 Å². The van der Waals surface area contributed by atoms with Crippen LogP contribution in [-0.4, -0.2) is 29.0 Å². The molecule has 1 aliphatic heterocycles. The number of likely N-dealkylation sites (tertiary alicyclic amines) is 1. The highest BCUT2D eigenvalue weighted by atomic mass is 16.6. The first-order valence-electron chi connectivity index (χ1n) is 12.0. The second-order valence-corrected chi connectivity index (χ2v) is 9.20. The molecular formula is C26H35N3O2. The standard InChI is InChI=1S/C26H35N3O2/c30-29(31)25-15-9-8-14-24(25)27-23-16-20-28(21-17-23)26(22-12-6-5-7-13-22)18-10-3-1-2-4-11-19-26/h5-9,12-15,23,27H,1-4,10-11,16-21H2. The summed E-state index contributed by atoms with van der Waals surface area (Å²) in [5.74, 6) is 0. The normalized spacial score (nSPS) is 20.9. The minimum Gasteiger partial charge on any atom is -0.377 e. The third-order valence-electron chi connectivity index (χ3n) is 7.30. The van der Waals surface area contributed by atoms with Crippen molar-refractivity contribution in [2.45, 2.75) is 75.8 Å². The summed E-state index contributed by atoms with van der Waals surface area (Å²) in [6.45, 7) is 2.07. The van der Waals surface area contributed by atoms with Crippen molar-refractivity contribution in [1.82, 2.24) is 4.90 Å². The van der Waals surface area contributed by atoms with Crippen LogP contribution in [0.3, 0.4) is 0 Å². The zero-order chi connectivity index (χ0) is 21.5. The Morgan fingerprint density at radius 3 is 2.06 bits per heavy atom. The molecule has 1 N–H and O–H groups in total. The van der Waals surface area contributed by atoms with Crippen LogP contribution >= 0.6 is 0 Å². The van der Waals surface area contributed by atoms with Gasteiger partial charge in [-0.1, -0.05) is 81.0 Å². The zero-order valence-electron chi connectivity index (χ0n) is 18.5. The summed E-state index contributed by atoms with van der Waals surface area (Å²) >= 11 is 0. The van der Waals surface area contributed by atoms with Gasteiger partial charge in [-0.15, -0.1) is 0 Å². The van der Waals surface area contributed by atoms with Crippen molar-refractivity contribution < 1.29 is 4.92 Å². The van der Waals surface area contributed by atoms with Crippen LogP contribution in [0, 0.1) is 10.1 Å². The third-order valence-corrected chi connectivity index (χ3v) is 7.30. The summed E-state index contributed by atoms with van der Waals surface area (Å²) in [6.07, 6.45) is 12.5. The smallest absolute Gasteiger partial charge is 0.292 e. The van der Waals surface area contributed by atoms with E-state index in [0.29, 0.717) is 5.69 Å². The molecule has 2 fully saturated rings. The maximum atomic E-state index is 11.4. The molecule has 5 heteroatoms. The van der Waals surface area contributed by atoms with Gasteiger partial charge in [0, 0.05) is 30.7 Å². The lowest BCUT2D eigenvalue weighted by Gasteiger charge is -2.48. The van der Waals surface area contributed by atoms with Crippen molar-refractivity contribution in [1.29, 1.82) is 0 Å². The first kappa shape index (κ1) is 21.8. The number of benzene rings is 2. The molecule has 1 heterocycles.